The summed E-state index contributed by atoms with van der Waals surface area (Å²) in [6.45, 7) is 1.97. The molecular weight excluding hydrogens is 345 g/mol. The fraction of sp³-hybridized carbons (Fsp3) is 0.0909. The first-order valence-electron chi connectivity index (χ1n) is 8.60. The van der Waals surface area contributed by atoms with Crippen LogP contribution in [0.2, 0.25) is 0 Å². The topological polar surface area (TPSA) is 47.8 Å². The molecule has 0 fully saturated rings. The first-order valence-corrected chi connectivity index (χ1v) is 8.60. The van der Waals surface area contributed by atoms with Gasteiger partial charge in [-0.15, -0.1) is 0 Å². The summed E-state index contributed by atoms with van der Waals surface area (Å²) < 4.78 is 20.1. The fourth-order valence-corrected chi connectivity index (χ4v) is 3.26. The van der Waals surface area contributed by atoms with Crippen molar-refractivity contribution < 1.29 is 18.7 Å². The molecule has 0 radical (unpaired) electrons. The summed E-state index contributed by atoms with van der Waals surface area (Å²) in [5.74, 6) is -1.19. The first kappa shape index (κ1) is 17.0. The number of benzene rings is 2. The second kappa shape index (κ2) is 6.68. The van der Waals surface area contributed by atoms with Crippen molar-refractivity contribution in [3.8, 4) is 0 Å². The van der Waals surface area contributed by atoms with Gasteiger partial charge in [0.1, 0.15) is 5.82 Å². The highest BCUT2D eigenvalue weighted by atomic mass is 19.1. The Bertz CT molecular complexity index is 1180. The third kappa shape index (κ3) is 2.87. The SMILES string of the molecule is CCOC(=O)c1cc(C(=O)c2ccc(F)cc2)n2ccc3ccccc3c12. The van der Waals surface area contributed by atoms with Gasteiger partial charge in [0.2, 0.25) is 5.78 Å². The van der Waals surface area contributed by atoms with Crippen LogP contribution in [0.15, 0.2) is 66.9 Å². The van der Waals surface area contributed by atoms with E-state index in [1.54, 1.807) is 23.6 Å². The van der Waals surface area contributed by atoms with Gasteiger partial charge in [-0.1, -0.05) is 24.3 Å². The zero-order valence-electron chi connectivity index (χ0n) is 14.6. The summed E-state index contributed by atoms with van der Waals surface area (Å²) >= 11 is 0. The number of esters is 1. The number of ether oxygens (including phenoxy) is 1. The van der Waals surface area contributed by atoms with E-state index >= 15 is 0 Å². The van der Waals surface area contributed by atoms with Crippen molar-refractivity contribution >= 4 is 28.0 Å². The van der Waals surface area contributed by atoms with E-state index in [2.05, 4.69) is 0 Å². The van der Waals surface area contributed by atoms with Gasteiger partial charge in [0.25, 0.3) is 0 Å². The van der Waals surface area contributed by atoms with Crippen molar-refractivity contribution in [1.29, 1.82) is 0 Å². The molecule has 2 aromatic carbocycles. The lowest BCUT2D eigenvalue weighted by atomic mass is 10.1. The molecule has 0 atom stereocenters. The number of rotatable bonds is 4. The van der Waals surface area contributed by atoms with Crippen LogP contribution in [0.5, 0.6) is 0 Å². The Kier molecular flexibility index (Phi) is 4.20. The second-order valence-electron chi connectivity index (χ2n) is 6.12. The van der Waals surface area contributed by atoms with Crippen molar-refractivity contribution in [1.82, 2.24) is 4.40 Å². The molecule has 0 spiro atoms. The molecule has 2 aromatic heterocycles. The Labute approximate surface area is 154 Å². The zero-order valence-corrected chi connectivity index (χ0v) is 14.6. The molecular formula is C22H16FNO3. The van der Waals surface area contributed by atoms with Crippen molar-refractivity contribution in [2.24, 2.45) is 0 Å². The molecule has 0 unspecified atom stereocenters. The Hall–Kier alpha value is -3.47. The van der Waals surface area contributed by atoms with E-state index in [1.165, 1.54) is 24.3 Å². The number of carbonyl (C=O) groups excluding carboxylic acids is 2. The molecule has 134 valence electrons. The van der Waals surface area contributed by atoms with Crippen molar-refractivity contribution in [3.05, 3.63) is 89.5 Å². The maximum atomic E-state index is 13.2. The van der Waals surface area contributed by atoms with E-state index in [-0.39, 0.29) is 12.4 Å². The number of nitrogens with zero attached hydrogens (tertiary/aromatic N) is 1. The van der Waals surface area contributed by atoms with Crippen LogP contribution in [0.3, 0.4) is 0 Å². The van der Waals surface area contributed by atoms with E-state index in [1.807, 2.05) is 30.3 Å². The van der Waals surface area contributed by atoms with Gasteiger partial charge in [-0.3, -0.25) is 4.79 Å². The summed E-state index contributed by atoms with van der Waals surface area (Å²) in [6, 6.07) is 16.4. The summed E-state index contributed by atoms with van der Waals surface area (Å²) in [4.78, 5) is 25.5. The van der Waals surface area contributed by atoms with Crippen LogP contribution in [-0.2, 0) is 4.74 Å². The van der Waals surface area contributed by atoms with E-state index < -0.39 is 11.8 Å². The van der Waals surface area contributed by atoms with Crippen LogP contribution < -0.4 is 0 Å². The van der Waals surface area contributed by atoms with Crippen LogP contribution in [0.4, 0.5) is 4.39 Å². The van der Waals surface area contributed by atoms with Gasteiger partial charge >= 0.3 is 5.97 Å². The Morgan fingerprint density at radius 2 is 1.78 bits per heavy atom. The third-order valence-electron chi connectivity index (χ3n) is 4.49. The summed E-state index contributed by atoms with van der Waals surface area (Å²) in [6.07, 6.45) is 1.76. The fourth-order valence-electron chi connectivity index (χ4n) is 3.26. The Morgan fingerprint density at radius 3 is 2.52 bits per heavy atom. The molecule has 4 rings (SSSR count). The zero-order chi connectivity index (χ0) is 19.0. The Balaban J connectivity index is 1.98. The first-order chi connectivity index (χ1) is 13.1. The number of pyridine rings is 1. The van der Waals surface area contributed by atoms with Gasteiger partial charge in [0.05, 0.1) is 23.4 Å². The predicted octanol–water partition coefficient (Wildman–Crippen LogP) is 4.64. The van der Waals surface area contributed by atoms with Crippen LogP contribution in [0.25, 0.3) is 16.3 Å². The van der Waals surface area contributed by atoms with Gasteiger partial charge < -0.3 is 9.14 Å². The molecule has 0 aliphatic heterocycles. The van der Waals surface area contributed by atoms with Crippen molar-refractivity contribution in [2.75, 3.05) is 6.61 Å². The molecule has 0 N–H and O–H groups in total. The average Bonchev–Trinajstić information content (AvgIpc) is 3.08. The molecule has 4 nitrogen and oxygen atoms in total. The molecule has 2 heterocycles. The molecule has 0 saturated heterocycles. The second-order valence-corrected chi connectivity index (χ2v) is 6.12. The quantitative estimate of drug-likeness (QED) is 0.393. The minimum Gasteiger partial charge on any atom is -0.462 e. The van der Waals surface area contributed by atoms with Gasteiger partial charge in [-0.2, -0.15) is 0 Å². The predicted molar refractivity (Wildman–Crippen MR) is 101 cm³/mol. The lowest BCUT2D eigenvalue weighted by Crippen LogP contribution is -2.05. The molecule has 5 heteroatoms. The average molecular weight is 361 g/mol. The summed E-state index contributed by atoms with van der Waals surface area (Å²) in [5, 5.41) is 1.80. The number of aromatic nitrogens is 1. The Morgan fingerprint density at radius 1 is 1.04 bits per heavy atom. The van der Waals surface area contributed by atoms with Crippen LogP contribution in [0, 0.1) is 5.82 Å². The summed E-state index contributed by atoms with van der Waals surface area (Å²) in [7, 11) is 0. The van der Waals surface area contributed by atoms with Crippen molar-refractivity contribution in [3.63, 3.8) is 0 Å². The highest BCUT2D eigenvalue weighted by Crippen LogP contribution is 2.28. The monoisotopic (exact) mass is 361 g/mol. The van der Waals surface area contributed by atoms with E-state index in [9.17, 15) is 14.0 Å². The van der Waals surface area contributed by atoms with E-state index in [4.69, 9.17) is 4.74 Å². The molecule has 0 aliphatic rings. The molecule has 4 aromatic rings. The summed E-state index contributed by atoms with van der Waals surface area (Å²) in [5.41, 5.74) is 1.63. The van der Waals surface area contributed by atoms with Crippen molar-refractivity contribution in [2.45, 2.75) is 6.92 Å². The molecule has 0 amide bonds. The van der Waals surface area contributed by atoms with Gasteiger partial charge in [0.15, 0.2) is 0 Å². The molecule has 0 bridgehead atoms. The van der Waals surface area contributed by atoms with Gasteiger partial charge in [0, 0.05) is 17.1 Å². The standard InChI is InChI=1S/C22H16FNO3/c1-2-27-22(26)18-13-19(21(25)15-7-9-16(23)10-8-15)24-12-11-14-5-3-4-6-17(14)20(18)24/h3-13H,2H2,1H3. The van der Waals surface area contributed by atoms with Gasteiger partial charge in [-0.05, 0) is 48.7 Å². The molecule has 27 heavy (non-hydrogen) atoms. The highest BCUT2D eigenvalue weighted by Gasteiger charge is 2.22. The number of carbonyl (C=O) groups is 2. The van der Waals surface area contributed by atoms with Gasteiger partial charge in [-0.25, -0.2) is 9.18 Å². The lowest BCUT2D eigenvalue weighted by Gasteiger charge is -2.06. The third-order valence-corrected chi connectivity index (χ3v) is 4.49. The van der Waals surface area contributed by atoms with Crippen LogP contribution in [0.1, 0.15) is 33.3 Å². The maximum absolute atomic E-state index is 13.2. The number of ketones is 1. The normalized spacial score (nSPS) is 11.0. The largest absolute Gasteiger partial charge is 0.462 e. The number of fused-ring (bicyclic) bond motifs is 3. The van der Waals surface area contributed by atoms with E-state index in [0.717, 1.165) is 10.8 Å². The number of halogens is 1. The minimum absolute atomic E-state index is 0.238. The minimum atomic E-state index is -0.482. The lowest BCUT2D eigenvalue weighted by molar-refractivity contribution is 0.0529. The van der Waals surface area contributed by atoms with E-state index in [0.29, 0.717) is 22.3 Å². The molecule has 0 aliphatic carbocycles. The smallest absolute Gasteiger partial charge is 0.340 e. The van der Waals surface area contributed by atoms with Crippen LogP contribution in [-0.4, -0.2) is 22.8 Å². The number of hydrogen-bond donors (Lipinski definition) is 0. The van der Waals surface area contributed by atoms with Crippen LogP contribution >= 0.6 is 0 Å². The maximum Gasteiger partial charge on any atom is 0.340 e. The molecule has 0 saturated carbocycles. The highest BCUT2D eigenvalue weighted by molar-refractivity contribution is 6.14. The number of hydrogen-bond acceptors (Lipinski definition) is 3.